The second-order valence-corrected chi connectivity index (χ2v) is 7.54. The monoisotopic (exact) mass is 263 g/mol. The summed E-state index contributed by atoms with van der Waals surface area (Å²) >= 11 is 0. The van der Waals surface area contributed by atoms with Crippen LogP contribution in [-0.2, 0) is 4.74 Å². The molecule has 0 radical (unpaired) electrons. The molecule has 0 saturated heterocycles. The molecule has 2 heteroatoms. The second-order valence-electron chi connectivity index (χ2n) is 7.54. The quantitative estimate of drug-likeness (QED) is 0.792. The molecule has 0 aliphatic heterocycles. The molecule has 19 heavy (non-hydrogen) atoms. The SMILES string of the molecule is CCOC1CC(NC(C2CC2)C2CC2)C12CCCC2. The zero-order chi connectivity index (χ0) is 12.9. The zero-order valence-electron chi connectivity index (χ0n) is 12.4. The molecule has 2 atom stereocenters. The third-order valence-corrected chi connectivity index (χ3v) is 6.34. The van der Waals surface area contributed by atoms with Gasteiger partial charge in [0.1, 0.15) is 0 Å². The molecule has 2 nitrogen and oxygen atoms in total. The van der Waals surface area contributed by atoms with Gasteiger partial charge >= 0.3 is 0 Å². The van der Waals surface area contributed by atoms with Crippen LogP contribution in [0, 0.1) is 17.3 Å². The number of nitrogens with one attached hydrogen (secondary N) is 1. The third-order valence-electron chi connectivity index (χ3n) is 6.34. The van der Waals surface area contributed by atoms with Crippen molar-refractivity contribution in [1.29, 1.82) is 0 Å². The molecule has 2 unspecified atom stereocenters. The van der Waals surface area contributed by atoms with E-state index in [1.54, 1.807) is 0 Å². The van der Waals surface area contributed by atoms with E-state index in [4.69, 9.17) is 4.74 Å². The predicted molar refractivity (Wildman–Crippen MR) is 77.1 cm³/mol. The van der Waals surface area contributed by atoms with E-state index in [1.807, 2.05) is 0 Å². The van der Waals surface area contributed by atoms with Crippen LogP contribution in [0.15, 0.2) is 0 Å². The van der Waals surface area contributed by atoms with E-state index in [0.717, 1.165) is 30.5 Å². The molecule has 1 spiro atoms. The summed E-state index contributed by atoms with van der Waals surface area (Å²) in [5, 5.41) is 4.12. The van der Waals surface area contributed by atoms with Gasteiger partial charge in [0.15, 0.2) is 0 Å². The van der Waals surface area contributed by atoms with E-state index < -0.39 is 0 Å². The van der Waals surface area contributed by atoms with E-state index in [0.29, 0.717) is 11.5 Å². The van der Waals surface area contributed by atoms with Crippen molar-refractivity contribution in [3.05, 3.63) is 0 Å². The van der Waals surface area contributed by atoms with E-state index >= 15 is 0 Å². The summed E-state index contributed by atoms with van der Waals surface area (Å²) in [6.45, 7) is 3.05. The molecule has 4 saturated carbocycles. The Morgan fingerprint density at radius 2 is 1.74 bits per heavy atom. The number of hydrogen-bond acceptors (Lipinski definition) is 2. The Balaban J connectivity index is 1.43. The summed E-state index contributed by atoms with van der Waals surface area (Å²) in [4.78, 5) is 0. The fourth-order valence-electron chi connectivity index (χ4n) is 4.92. The van der Waals surface area contributed by atoms with Gasteiger partial charge in [-0.15, -0.1) is 0 Å². The van der Waals surface area contributed by atoms with Crippen LogP contribution in [0.2, 0.25) is 0 Å². The fourth-order valence-corrected chi connectivity index (χ4v) is 4.92. The molecule has 0 bridgehead atoms. The average molecular weight is 263 g/mol. The van der Waals surface area contributed by atoms with Crippen molar-refractivity contribution in [3.63, 3.8) is 0 Å². The van der Waals surface area contributed by atoms with Gasteiger partial charge in [-0.2, -0.15) is 0 Å². The molecule has 4 aliphatic rings. The van der Waals surface area contributed by atoms with Crippen molar-refractivity contribution in [3.8, 4) is 0 Å². The molecular formula is C17H29NO. The van der Waals surface area contributed by atoms with Gasteiger partial charge in [0.05, 0.1) is 6.10 Å². The number of rotatable bonds is 6. The highest BCUT2D eigenvalue weighted by Crippen LogP contribution is 2.56. The second kappa shape index (κ2) is 4.73. The van der Waals surface area contributed by atoms with Crippen LogP contribution in [0.4, 0.5) is 0 Å². The van der Waals surface area contributed by atoms with E-state index in [2.05, 4.69) is 12.2 Å². The van der Waals surface area contributed by atoms with Crippen LogP contribution in [-0.4, -0.2) is 24.8 Å². The van der Waals surface area contributed by atoms with E-state index in [1.165, 1.54) is 57.8 Å². The van der Waals surface area contributed by atoms with Crippen LogP contribution < -0.4 is 5.32 Å². The lowest BCUT2D eigenvalue weighted by atomic mass is 9.60. The summed E-state index contributed by atoms with van der Waals surface area (Å²) in [5.74, 6) is 2.05. The van der Waals surface area contributed by atoms with Crippen molar-refractivity contribution in [2.45, 2.75) is 82.9 Å². The summed E-state index contributed by atoms with van der Waals surface area (Å²) < 4.78 is 6.04. The van der Waals surface area contributed by atoms with Crippen LogP contribution in [0.3, 0.4) is 0 Å². The third kappa shape index (κ3) is 2.15. The standard InChI is InChI=1S/C17H29NO/c1-2-19-15-11-14(17(15)9-3-4-10-17)18-16(12-5-6-12)13-7-8-13/h12-16,18H,2-11H2,1H3. The van der Waals surface area contributed by atoms with Gasteiger partial charge in [0, 0.05) is 24.1 Å². The average Bonchev–Trinajstić information content (AvgIpc) is 3.33. The van der Waals surface area contributed by atoms with E-state index in [9.17, 15) is 0 Å². The molecule has 4 aliphatic carbocycles. The van der Waals surface area contributed by atoms with Gasteiger partial charge in [-0.1, -0.05) is 12.8 Å². The minimum absolute atomic E-state index is 0.526. The molecule has 0 amide bonds. The Morgan fingerprint density at radius 3 is 2.26 bits per heavy atom. The molecule has 108 valence electrons. The molecule has 0 aromatic rings. The van der Waals surface area contributed by atoms with Crippen LogP contribution in [0.1, 0.15) is 64.7 Å². The van der Waals surface area contributed by atoms with Crippen molar-refractivity contribution in [2.24, 2.45) is 17.3 Å². The van der Waals surface area contributed by atoms with Crippen LogP contribution in [0.5, 0.6) is 0 Å². The van der Waals surface area contributed by atoms with Crippen molar-refractivity contribution in [1.82, 2.24) is 5.32 Å². The van der Waals surface area contributed by atoms with Gasteiger partial charge in [-0.05, 0) is 63.7 Å². The topological polar surface area (TPSA) is 21.3 Å². The zero-order valence-corrected chi connectivity index (χ0v) is 12.4. The molecule has 4 rings (SSSR count). The Hall–Kier alpha value is -0.0800. The highest BCUT2D eigenvalue weighted by atomic mass is 16.5. The molecule has 4 fully saturated rings. The lowest BCUT2D eigenvalue weighted by Gasteiger charge is -2.55. The van der Waals surface area contributed by atoms with Gasteiger partial charge < -0.3 is 10.1 Å². The molecule has 0 aromatic carbocycles. The lowest BCUT2D eigenvalue weighted by molar-refractivity contribution is -0.133. The largest absolute Gasteiger partial charge is 0.378 e. The van der Waals surface area contributed by atoms with Gasteiger partial charge in [-0.3, -0.25) is 0 Å². The maximum Gasteiger partial charge on any atom is 0.0661 e. The van der Waals surface area contributed by atoms with Gasteiger partial charge in [0.25, 0.3) is 0 Å². The van der Waals surface area contributed by atoms with Crippen LogP contribution in [0.25, 0.3) is 0 Å². The first-order valence-electron chi connectivity index (χ1n) is 8.71. The van der Waals surface area contributed by atoms with Crippen molar-refractivity contribution in [2.75, 3.05) is 6.61 Å². The predicted octanol–water partition coefficient (Wildman–Crippen LogP) is 3.50. The summed E-state index contributed by atoms with van der Waals surface area (Å²) in [6.07, 6.45) is 13.5. The highest BCUT2D eigenvalue weighted by Gasteiger charge is 2.58. The summed E-state index contributed by atoms with van der Waals surface area (Å²) in [6, 6.07) is 1.64. The maximum atomic E-state index is 6.04. The Kier molecular flexibility index (Phi) is 3.15. The first-order valence-corrected chi connectivity index (χ1v) is 8.71. The Bertz CT molecular complexity index is 316. The Labute approximate surface area is 117 Å². The smallest absolute Gasteiger partial charge is 0.0661 e. The summed E-state index contributed by atoms with van der Waals surface area (Å²) in [5.41, 5.74) is 0.526. The highest BCUT2D eigenvalue weighted by molar-refractivity contribution is 5.12. The molecule has 0 aromatic heterocycles. The minimum Gasteiger partial charge on any atom is -0.378 e. The first-order chi connectivity index (χ1) is 9.33. The first kappa shape index (κ1) is 12.6. The molecular weight excluding hydrogens is 234 g/mol. The van der Waals surface area contributed by atoms with E-state index in [-0.39, 0.29) is 0 Å². The minimum atomic E-state index is 0.526. The molecule has 1 N–H and O–H groups in total. The molecule has 0 heterocycles. The lowest BCUT2D eigenvalue weighted by Crippen LogP contribution is -2.64. The summed E-state index contributed by atoms with van der Waals surface area (Å²) in [7, 11) is 0. The fraction of sp³-hybridized carbons (Fsp3) is 1.00. The van der Waals surface area contributed by atoms with Gasteiger partial charge in [0.2, 0.25) is 0 Å². The van der Waals surface area contributed by atoms with Gasteiger partial charge in [-0.25, -0.2) is 0 Å². The van der Waals surface area contributed by atoms with Crippen LogP contribution >= 0.6 is 0 Å². The normalized spacial score (nSPS) is 36.9. The number of hydrogen-bond donors (Lipinski definition) is 1. The number of ether oxygens (including phenoxy) is 1. The maximum absolute atomic E-state index is 6.04. The van der Waals surface area contributed by atoms with Crippen molar-refractivity contribution >= 4 is 0 Å². The Morgan fingerprint density at radius 1 is 1.11 bits per heavy atom. The van der Waals surface area contributed by atoms with Crippen molar-refractivity contribution < 1.29 is 4.74 Å².